The fraction of sp³-hybridized carbons (Fsp3) is 0.400. The molecule has 1 aromatic carbocycles. The normalized spacial score (nSPS) is 13.2. The summed E-state index contributed by atoms with van der Waals surface area (Å²) in [5, 5.41) is 0. The van der Waals surface area contributed by atoms with Gasteiger partial charge in [0.25, 0.3) is 5.56 Å². The quantitative estimate of drug-likeness (QED) is 0.669. The monoisotopic (exact) mass is 337 g/mol. The summed E-state index contributed by atoms with van der Waals surface area (Å²) in [6.45, 7) is 5.80. The summed E-state index contributed by atoms with van der Waals surface area (Å²) < 4.78 is 9.39. The van der Waals surface area contributed by atoms with Gasteiger partial charge in [0.1, 0.15) is 5.75 Å². The van der Waals surface area contributed by atoms with Crippen LogP contribution in [0.5, 0.6) is 5.75 Å². The van der Waals surface area contributed by atoms with E-state index in [9.17, 15) is 4.79 Å². The first kappa shape index (κ1) is 15.9. The summed E-state index contributed by atoms with van der Waals surface area (Å²) in [5.74, 6) is 1.69. The molecular formula is C20H23N3O2. The zero-order valence-electron chi connectivity index (χ0n) is 14.8. The van der Waals surface area contributed by atoms with Gasteiger partial charge in [-0.3, -0.25) is 9.20 Å². The summed E-state index contributed by atoms with van der Waals surface area (Å²) in [4.78, 5) is 17.2. The molecule has 0 radical (unpaired) electrons. The van der Waals surface area contributed by atoms with Crippen LogP contribution in [0, 0.1) is 6.92 Å². The van der Waals surface area contributed by atoms with E-state index in [1.165, 1.54) is 18.4 Å². The number of fused-ring (bicyclic) bond motifs is 2. The molecule has 0 saturated heterocycles. The van der Waals surface area contributed by atoms with E-state index in [-0.39, 0.29) is 5.56 Å². The highest BCUT2D eigenvalue weighted by atomic mass is 16.5. The molecule has 0 spiro atoms. The largest absolute Gasteiger partial charge is 0.493 e. The highest BCUT2D eigenvalue weighted by Gasteiger charge is 2.16. The van der Waals surface area contributed by atoms with Crippen LogP contribution in [-0.4, -0.2) is 20.6 Å². The van der Waals surface area contributed by atoms with Crippen LogP contribution in [0.3, 0.4) is 0 Å². The maximum atomic E-state index is 12.4. The molecule has 4 rings (SSSR count). The fourth-order valence-corrected chi connectivity index (χ4v) is 3.49. The zero-order chi connectivity index (χ0) is 17.4. The maximum absolute atomic E-state index is 12.4. The third kappa shape index (κ3) is 2.84. The van der Waals surface area contributed by atoms with Crippen LogP contribution in [-0.2, 0) is 13.0 Å². The first-order chi connectivity index (χ1) is 12.2. The van der Waals surface area contributed by atoms with Crippen molar-refractivity contribution in [3.8, 4) is 17.0 Å². The Morgan fingerprint density at radius 1 is 1.24 bits per heavy atom. The molecule has 5 heteroatoms. The van der Waals surface area contributed by atoms with Gasteiger partial charge in [0.15, 0.2) is 0 Å². The number of aromatic nitrogens is 3. The van der Waals surface area contributed by atoms with Crippen molar-refractivity contribution in [3.05, 3.63) is 52.1 Å². The second-order valence-corrected chi connectivity index (χ2v) is 6.70. The van der Waals surface area contributed by atoms with Crippen LogP contribution in [0.1, 0.15) is 37.4 Å². The summed E-state index contributed by atoms with van der Waals surface area (Å²) in [7, 11) is 0. The van der Waals surface area contributed by atoms with Crippen LogP contribution in [0.25, 0.3) is 17.0 Å². The topological polar surface area (TPSA) is 48.5 Å². The van der Waals surface area contributed by atoms with Crippen molar-refractivity contribution >= 4 is 5.78 Å². The van der Waals surface area contributed by atoms with E-state index < -0.39 is 0 Å². The van der Waals surface area contributed by atoms with E-state index in [4.69, 9.17) is 9.72 Å². The molecule has 0 fully saturated rings. The summed E-state index contributed by atoms with van der Waals surface area (Å²) in [6, 6.07) is 7.84. The molecule has 3 heterocycles. The van der Waals surface area contributed by atoms with Gasteiger partial charge in [-0.05, 0) is 37.1 Å². The molecule has 0 saturated carbocycles. The molecule has 130 valence electrons. The van der Waals surface area contributed by atoms with Crippen molar-refractivity contribution in [2.75, 3.05) is 6.61 Å². The average molecular weight is 337 g/mol. The predicted molar refractivity (Wildman–Crippen MR) is 98.3 cm³/mol. The van der Waals surface area contributed by atoms with Gasteiger partial charge >= 0.3 is 0 Å². The van der Waals surface area contributed by atoms with Gasteiger partial charge in [-0.25, -0.2) is 4.98 Å². The molecule has 0 amide bonds. The van der Waals surface area contributed by atoms with Gasteiger partial charge in [-0.1, -0.05) is 19.8 Å². The minimum atomic E-state index is -0.0255. The van der Waals surface area contributed by atoms with Crippen LogP contribution in [0.15, 0.2) is 35.3 Å². The number of imidazole rings is 1. The molecule has 1 aliphatic rings. The third-order valence-electron chi connectivity index (χ3n) is 4.89. The van der Waals surface area contributed by atoms with E-state index in [1.54, 1.807) is 10.5 Å². The molecule has 0 N–H and O–H groups in total. The molecule has 2 aromatic heterocycles. The summed E-state index contributed by atoms with van der Waals surface area (Å²) in [6.07, 6.45) is 6.22. The van der Waals surface area contributed by atoms with E-state index in [1.807, 2.05) is 25.3 Å². The number of ether oxygens (including phenoxy) is 1. The second-order valence-electron chi connectivity index (χ2n) is 6.70. The lowest BCUT2D eigenvalue weighted by Crippen LogP contribution is -2.18. The van der Waals surface area contributed by atoms with E-state index in [0.29, 0.717) is 0 Å². The number of hydrogen-bond acceptors (Lipinski definition) is 3. The van der Waals surface area contributed by atoms with Gasteiger partial charge in [0.05, 0.1) is 12.3 Å². The smallest absolute Gasteiger partial charge is 0.259 e. The van der Waals surface area contributed by atoms with Gasteiger partial charge in [-0.2, -0.15) is 0 Å². The molecule has 0 atom stereocenters. The van der Waals surface area contributed by atoms with E-state index in [0.717, 1.165) is 54.5 Å². The van der Waals surface area contributed by atoms with Crippen LogP contribution in [0.4, 0.5) is 0 Å². The highest BCUT2D eigenvalue weighted by Crippen LogP contribution is 2.30. The van der Waals surface area contributed by atoms with Crippen molar-refractivity contribution in [2.24, 2.45) is 0 Å². The third-order valence-corrected chi connectivity index (χ3v) is 4.89. The van der Waals surface area contributed by atoms with Gasteiger partial charge in [0.2, 0.25) is 5.78 Å². The maximum Gasteiger partial charge on any atom is 0.259 e. The van der Waals surface area contributed by atoms with Crippen LogP contribution < -0.4 is 10.3 Å². The molecule has 0 unspecified atom stereocenters. The Kier molecular flexibility index (Phi) is 4.07. The SMILES string of the molecule is CCCCCn1c(C)cc(=O)n2cc(-c3ccc4c(c3)CCO4)nc12. The van der Waals surface area contributed by atoms with Crippen molar-refractivity contribution in [1.82, 2.24) is 14.0 Å². The lowest BCUT2D eigenvalue weighted by Gasteiger charge is -2.11. The first-order valence-corrected chi connectivity index (χ1v) is 9.03. The number of rotatable bonds is 5. The number of benzene rings is 1. The zero-order valence-corrected chi connectivity index (χ0v) is 14.8. The average Bonchev–Trinajstić information content (AvgIpc) is 3.24. The van der Waals surface area contributed by atoms with Crippen LogP contribution >= 0.6 is 0 Å². The Morgan fingerprint density at radius 3 is 2.96 bits per heavy atom. The Morgan fingerprint density at radius 2 is 2.12 bits per heavy atom. The van der Waals surface area contributed by atoms with Crippen molar-refractivity contribution in [1.29, 1.82) is 0 Å². The summed E-state index contributed by atoms with van der Waals surface area (Å²) >= 11 is 0. The number of hydrogen-bond donors (Lipinski definition) is 0. The predicted octanol–water partition coefficient (Wildman–Crippen LogP) is 3.60. The van der Waals surface area contributed by atoms with Crippen molar-refractivity contribution in [3.63, 3.8) is 0 Å². The first-order valence-electron chi connectivity index (χ1n) is 9.03. The molecule has 1 aliphatic heterocycles. The highest BCUT2D eigenvalue weighted by molar-refractivity contribution is 5.64. The Labute approximate surface area is 146 Å². The molecule has 0 bridgehead atoms. The number of nitrogens with zero attached hydrogens (tertiary/aromatic N) is 3. The van der Waals surface area contributed by atoms with Gasteiger partial charge in [0, 0.05) is 36.5 Å². The van der Waals surface area contributed by atoms with Crippen LogP contribution in [0.2, 0.25) is 0 Å². The van der Waals surface area contributed by atoms with Gasteiger partial charge in [-0.15, -0.1) is 0 Å². The second kappa shape index (κ2) is 6.39. The molecule has 5 nitrogen and oxygen atoms in total. The Balaban J connectivity index is 1.80. The van der Waals surface area contributed by atoms with E-state index in [2.05, 4.69) is 17.6 Å². The lowest BCUT2D eigenvalue weighted by molar-refractivity contribution is 0.357. The fourth-order valence-electron chi connectivity index (χ4n) is 3.49. The molecule has 3 aromatic rings. The summed E-state index contributed by atoms with van der Waals surface area (Å²) in [5.41, 5.74) is 4.02. The molecule has 25 heavy (non-hydrogen) atoms. The molecule has 0 aliphatic carbocycles. The Hall–Kier alpha value is -2.56. The number of unbranched alkanes of at least 4 members (excludes halogenated alkanes) is 2. The Bertz CT molecular complexity index is 985. The minimum Gasteiger partial charge on any atom is -0.493 e. The standard InChI is InChI=1S/C20H23N3O2/c1-3-4-5-9-22-14(2)11-19(24)23-13-17(21-20(22)23)15-6-7-18-16(12-15)8-10-25-18/h6-7,11-13H,3-5,8-10H2,1-2H3. The lowest BCUT2D eigenvalue weighted by atomic mass is 10.1. The van der Waals surface area contributed by atoms with E-state index >= 15 is 0 Å². The van der Waals surface area contributed by atoms with Crippen molar-refractivity contribution < 1.29 is 4.74 Å². The van der Waals surface area contributed by atoms with Crippen molar-refractivity contribution in [2.45, 2.75) is 46.1 Å². The minimum absolute atomic E-state index is 0.0255. The molecular weight excluding hydrogens is 314 g/mol. The van der Waals surface area contributed by atoms with Gasteiger partial charge < -0.3 is 9.30 Å². The number of aryl methyl sites for hydroxylation is 2.